The minimum absolute atomic E-state index is 0.185. The number of amides is 1. The minimum Gasteiger partial charge on any atom is -0.462 e. The van der Waals surface area contributed by atoms with Crippen LogP contribution in [0.2, 0.25) is 0 Å². The summed E-state index contributed by atoms with van der Waals surface area (Å²) in [6.07, 6.45) is 9.51. The molecule has 0 spiro atoms. The molecule has 33 heavy (non-hydrogen) atoms. The van der Waals surface area contributed by atoms with Gasteiger partial charge in [0.25, 0.3) is 5.91 Å². The summed E-state index contributed by atoms with van der Waals surface area (Å²) in [6, 6.07) is 0. The van der Waals surface area contributed by atoms with E-state index in [0.717, 1.165) is 56.1 Å². The quantitative estimate of drug-likeness (QED) is 0.293. The Labute approximate surface area is 208 Å². The van der Waals surface area contributed by atoms with Gasteiger partial charge in [-0.1, -0.05) is 19.8 Å². The number of fused-ring (bicyclic) bond motifs is 2. The zero-order valence-corrected chi connectivity index (χ0v) is 21.6. The fourth-order valence-electron chi connectivity index (χ4n) is 4.61. The molecule has 0 aliphatic heterocycles. The van der Waals surface area contributed by atoms with Gasteiger partial charge in [-0.2, -0.15) is 0 Å². The first-order valence-electron chi connectivity index (χ1n) is 11.8. The monoisotopic (exact) mass is 505 g/mol. The molecule has 0 radical (unpaired) electrons. The third-order valence-electron chi connectivity index (χ3n) is 6.31. The summed E-state index contributed by atoms with van der Waals surface area (Å²) < 4.78 is 5.35. The molecule has 2 heterocycles. The summed E-state index contributed by atoms with van der Waals surface area (Å²) in [4.78, 5) is 28.1. The van der Waals surface area contributed by atoms with Crippen molar-refractivity contribution in [2.45, 2.75) is 71.6 Å². The fourth-order valence-corrected chi connectivity index (χ4v) is 7.35. The summed E-state index contributed by atoms with van der Waals surface area (Å²) in [7, 11) is 0. The molecule has 0 saturated heterocycles. The first-order chi connectivity index (χ1) is 16.0. The molecule has 1 unspecified atom stereocenters. The average Bonchev–Trinajstić information content (AvgIpc) is 3.33. The van der Waals surface area contributed by atoms with Gasteiger partial charge in [-0.15, -0.1) is 22.7 Å². The summed E-state index contributed by atoms with van der Waals surface area (Å²) in [6.45, 7) is 4.39. The van der Waals surface area contributed by atoms with E-state index in [1.54, 1.807) is 22.7 Å². The molecule has 6 nitrogen and oxygen atoms in total. The molecule has 4 rings (SSSR count). The number of ether oxygens (including phenoxy) is 1. The molecule has 1 atom stereocenters. The molecule has 9 heteroatoms. The standard InChI is InChI=1S/C24H31N3O3S3/c1-3-30-23(29)20-16-8-6-4-5-7-9-18(16)33-22(20)25-24(31)27-26-21(28)17-13-32-19-12-14(2)10-11-15(17)19/h13-14H,3-12H2,1-2H3,(H,26,28)(H2,25,27,31). The van der Waals surface area contributed by atoms with Crippen molar-refractivity contribution < 1.29 is 14.3 Å². The molecule has 2 aliphatic carbocycles. The summed E-state index contributed by atoms with van der Waals surface area (Å²) in [5.41, 5.74) is 9.12. The van der Waals surface area contributed by atoms with E-state index in [-0.39, 0.29) is 17.0 Å². The number of hydrogen-bond donors (Lipinski definition) is 3. The Hall–Kier alpha value is -1.97. The van der Waals surface area contributed by atoms with E-state index in [9.17, 15) is 9.59 Å². The highest BCUT2D eigenvalue weighted by Gasteiger charge is 2.26. The van der Waals surface area contributed by atoms with E-state index in [0.29, 0.717) is 23.1 Å². The molecular formula is C24H31N3O3S3. The van der Waals surface area contributed by atoms with Crippen LogP contribution in [0.4, 0.5) is 5.00 Å². The number of thiocarbonyl (C=S) groups is 1. The van der Waals surface area contributed by atoms with Crippen LogP contribution in [-0.2, 0) is 30.4 Å². The van der Waals surface area contributed by atoms with Crippen molar-refractivity contribution in [2.24, 2.45) is 5.92 Å². The number of aryl methyl sites for hydroxylation is 1. The molecule has 178 valence electrons. The maximum Gasteiger partial charge on any atom is 0.341 e. The van der Waals surface area contributed by atoms with Gasteiger partial charge in [-0.05, 0) is 81.1 Å². The lowest BCUT2D eigenvalue weighted by atomic mass is 9.88. The number of nitrogens with one attached hydrogen (secondary N) is 3. The normalized spacial score (nSPS) is 17.7. The van der Waals surface area contributed by atoms with Gasteiger partial charge < -0.3 is 10.1 Å². The highest BCUT2D eigenvalue weighted by molar-refractivity contribution is 7.80. The van der Waals surface area contributed by atoms with E-state index < -0.39 is 0 Å². The van der Waals surface area contributed by atoms with Gasteiger partial charge in [0.1, 0.15) is 5.00 Å². The van der Waals surface area contributed by atoms with Crippen LogP contribution in [0.15, 0.2) is 5.38 Å². The lowest BCUT2D eigenvalue weighted by molar-refractivity contribution is 0.0526. The first kappa shape index (κ1) is 24.2. The van der Waals surface area contributed by atoms with E-state index in [1.165, 1.54) is 28.2 Å². The van der Waals surface area contributed by atoms with Crippen molar-refractivity contribution in [1.82, 2.24) is 10.9 Å². The minimum atomic E-state index is -0.316. The zero-order valence-electron chi connectivity index (χ0n) is 19.2. The summed E-state index contributed by atoms with van der Waals surface area (Å²) in [5, 5.41) is 6.02. The second-order valence-corrected chi connectivity index (χ2v) is 11.3. The smallest absolute Gasteiger partial charge is 0.341 e. The SMILES string of the molecule is CCOC(=O)c1c(NC(=S)NNC(=O)c2csc3c2CCC(C)C3)sc2c1CCCCCC2. The predicted octanol–water partition coefficient (Wildman–Crippen LogP) is 5.40. The largest absolute Gasteiger partial charge is 0.462 e. The number of hydrazine groups is 1. The topological polar surface area (TPSA) is 79.5 Å². The lowest BCUT2D eigenvalue weighted by Crippen LogP contribution is -2.44. The summed E-state index contributed by atoms with van der Waals surface area (Å²) in [5.74, 6) is 0.167. The Kier molecular flexibility index (Phi) is 8.03. The number of carbonyl (C=O) groups is 2. The average molecular weight is 506 g/mol. The maximum absolute atomic E-state index is 12.8. The van der Waals surface area contributed by atoms with E-state index in [4.69, 9.17) is 17.0 Å². The lowest BCUT2D eigenvalue weighted by Gasteiger charge is -2.19. The zero-order chi connectivity index (χ0) is 23.4. The molecule has 2 aliphatic rings. The van der Waals surface area contributed by atoms with Crippen molar-refractivity contribution in [1.29, 1.82) is 0 Å². The van der Waals surface area contributed by atoms with Gasteiger partial charge in [-0.3, -0.25) is 15.6 Å². The maximum atomic E-state index is 12.8. The van der Waals surface area contributed by atoms with Crippen molar-refractivity contribution in [3.8, 4) is 0 Å². The van der Waals surface area contributed by atoms with Gasteiger partial charge in [0.15, 0.2) is 5.11 Å². The second kappa shape index (κ2) is 11.0. The molecular weight excluding hydrogens is 474 g/mol. The molecule has 2 aromatic rings. The van der Waals surface area contributed by atoms with Crippen LogP contribution >= 0.6 is 34.9 Å². The first-order valence-corrected chi connectivity index (χ1v) is 13.9. The van der Waals surface area contributed by atoms with E-state index >= 15 is 0 Å². The van der Waals surface area contributed by atoms with Crippen LogP contribution in [0.5, 0.6) is 0 Å². The molecule has 0 fully saturated rings. The van der Waals surface area contributed by atoms with Gasteiger partial charge in [0, 0.05) is 15.1 Å². The molecule has 0 bridgehead atoms. The Morgan fingerprint density at radius 3 is 2.67 bits per heavy atom. The summed E-state index contributed by atoms with van der Waals surface area (Å²) >= 11 is 8.68. The third kappa shape index (κ3) is 5.58. The third-order valence-corrected chi connectivity index (χ3v) is 8.78. The van der Waals surface area contributed by atoms with Gasteiger partial charge >= 0.3 is 5.97 Å². The number of thiophene rings is 2. The van der Waals surface area contributed by atoms with Crippen molar-refractivity contribution >= 4 is 56.9 Å². The number of anilines is 1. The molecule has 1 amide bonds. The van der Waals surface area contributed by atoms with Gasteiger partial charge in [-0.25, -0.2) is 4.79 Å². The van der Waals surface area contributed by atoms with Crippen LogP contribution in [0.25, 0.3) is 0 Å². The van der Waals surface area contributed by atoms with Crippen LogP contribution < -0.4 is 16.2 Å². The molecule has 2 aromatic heterocycles. The molecule has 3 N–H and O–H groups in total. The van der Waals surface area contributed by atoms with Crippen LogP contribution in [0, 0.1) is 5.92 Å². The van der Waals surface area contributed by atoms with Crippen molar-refractivity contribution in [3.63, 3.8) is 0 Å². The Morgan fingerprint density at radius 1 is 1.09 bits per heavy atom. The Bertz CT molecular complexity index is 1040. The molecule has 0 aromatic carbocycles. The molecule has 0 saturated carbocycles. The predicted molar refractivity (Wildman–Crippen MR) is 138 cm³/mol. The Balaban J connectivity index is 1.44. The highest BCUT2D eigenvalue weighted by atomic mass is 32.1. The van der Waals surface area contributed by atoms with Gasteiger partial charge in [0.05, 0.1) is 17.7 Å². The highest BCUT2D eigenvalue weighted by Crippen LogP contribution is 2.37. The Morgan fingerprint density at radius 2 is 1.88 bits per heavy atom. The number of rotatable bonds is 4. The number of carbonyl (C=O) groups excluding carboxylic acids is 2. The van der Waals surface area contributed by atoms with Crippen LogP contribution in [0.3, 0.4) is 0 Å². The van der Waals surface area contributed by atoms with Crippen LogP contribution in [0.1, 0.15) is 87.5 Å². The van der Waals surface area contributed by atoms with Gasteiger partial charge in [0.2, 0.25) is 0 Å². The van der Waals surface area contributed by atoms with E-state index in [2.05, 4.69) is 23.1 Å². The fraction of sp³-hybridized carbons (Fsp3) is 0.542. The number of hydrogen-bond acceptors (Lipinski definition) is 6. The van der Waals surface area contributed by atoms with E-state index in [1.807, 2.05) is 12.3 Å². The van der Waals surface area contributed by atoms with Crippen LogP contribution in [-0.4, -0.2) is 23.6 Å². The van der Waals surface area contributed by atoms with Crippen molar-refractivity contribution in [3.05, 3.63) is 37.4 Å². The van der Waals surface area contributed by atoms with Crippen molar-refractivity contribution in [2.75, 3.05) is 11.9 Å². The second-order valence-electron chi connectivity index (χ2n) is 8.77. The number of esters is 1.